The standard InChI is InChI=1S/C15H23N3OS/c16-12-5-8-17(9-6-12)11-15(19)18-7-1-3-13(18)14-4-2-10-20-14/h2,4,10,12-13H,1,3,5-9,11,16H2. The molecule has 0 spiro atoms. The summed E-state index contributed by atoms with van der Waals surface area (Å²) in [5, 5.41) is 2.10. The van der Waals surface area contributed by atoms with Gasteiger partial charge in [0.2, 0.25) is 5.91 Å². The van der Waals surface area contributed by atoms with Crippen LogP contribution in [0.4, 0.5) is 0 Å². The molecule has 110 valence electrons. The fraction of sp³-hybridized carbons (Fsp3) is 0.667. The quantitative estimate of drug-likeness (QED) is 0.925. The number of piperidine rings is 1. The average molecular weight is 293 g/mol. The molecule has 2 fully saturated rings. The highest BCUT2D eigenvalue weighted by Gasteiger charge is 2.31. The topological polar surface area (TPSA) is 49.6 Å². The SMILES string of the molecule is NC1CCN(CC(=O)N2CCCC2c2cccs2)CC1. The molecule has 4 nitrogen and oxygen atoms in total. The lowest BCUT2D eigenvalue weighted by molar-refractivity contribution is -0.133. The van der Waals surface area contributed by atoms with Gasteiger partial charge < -0.3 is 10.6 Å². The lowest BCUT2D eigenvalue weighted by Crippen LogP contribution is -2.45. The molecule has 3 heterocycles. The highest BCUT2D eigenvalue weighted by molar-refractivity contribution is 7.10. The lowest BCUT2D eigenvalue weighted by atomic mass is 10.1. The van der Waals surface area contributed by atoms with Crippen molar-refractivity contribution >= 4 is 17.2 Å². The number of carbonyl (C=O) groups is 1. The maximum atomic E-state index is 12.6. The largest absolute Gasteiger partial charge is 0.334 e. The predicted molar refractivity (Wildman–Crippen MR) is 81.7 cm³/mol. The summed E-state index contributed by atoms with van der Waals surface area (Å²) in [4.78, 5) is 18.2. The second kappa shape index (κ2) is 6.24. The van der Waals surface area contributed by atoms with E-state index in [1.807, 2.05) is 0 Å². The minimum Gasteiger partial charge on any atom is -0.334 e. The summed E-state index contributed by atoms with van der Waals surface area (Å²) in [6.07, 6.45) is 4.26. The third-order valence-electron chi connectivity index (χ3n) is 4.44. The van der Waals surface area contributed by atoms with Crippen LogP contribution in [0.5, 0.6) is 0 Å². The molecule has 1 amide bonds. The number of amides is 1. The van der Waals surface area contributed by atoms with E-state index in [0.29, 0.717) is 18.6 Å². The Labute approximate surface area is 124 Å². The van der Waals surface area contributed by atoms with Gasteiger partial charge in [0.1, 0.15) is 0 Å². The van der Waals surface area contributed by atoms with Crippen LogP contribution in [-0.2, 0) is 4.79 Å². The van der Waals surface area contributed by atoms with E-state index in [1.54, 1.807) is 11.3 Å². The van der Waals surface area contributed by atoms with Gasteiger partial charge in [0.25, 0.3) is 0 Å². The molecule has 2 aliphatic heterocycles. The monoisotopic (exact) mass is 293 g/mol. The van der Waals surface area contributed by atoms with E-state index in [4.69, 9.17) is 5.73 Å². The zero-order valence-electron chi connectivity index (χ0n) is 11.8. The molecule has 1 aromatic heterocycles. The molecule has 2 aliphatic rings. The molecule has 2 N–H and O–H groups in total. The number of nitrogens with zero attached hydrogens (tertiary/aromatic N) is 2. The summed E-state index contributed by atoms with van der Waals surface area (Å²) in [5.41, 5.74) is 5.92. The second-order valence-corrected chi connectivity index (χ2v) is 6.85. The van der Waals surface area contributed by atoms with Gasteiger partial charge >= 0.3 is 0 Å². The van der Waals surface area contributed by atoms with E-state index in [9.17, 15) is 4.79 Å². The van der Waals surface area contributed by atoms with Crippen molar-refractivity contribution in [1.29, 1.82) is 0 Å². The van der Waals surface area contributed by atoms with Gasteiger partial charge in [-0.15, -0.1) is 11.3 Å². The molecule has 2 saturated heterocycles. The van der Waals surface area contributed by atoms with Gasteiger partial charge in [-0.2, -0.15) is 0 Å². The van der Waals surface area contributed by atoms with Crippen LogP contribution in [0, 0.1) is 0 Å². The van der Waals surface area contributed by atoms with Crippen molar-refractivity contribution in [2.45, 2.75) is 37.8 Å². The van der Waals surface area contributed by atoms with E-state index in [2.05, 4.69) is 27.3 Å². The summed E-state index contributed by atoms with van der Waals surface area (Å²) in [5.74, 6) is 0.288. The van der Waals surface area contributed by atoms with E-state index < -0.39 is 0 Å². The molecule has 0 bridgehead atoms. The summed E-state index contributed by atoms with van der Waals surface area (Å²) in [6.45, 7) is 3.40. The Balaban J connectivity index is 1.59. The van der Waals surface area contributed by atoms with Crippen LogP contribution in [0.25, 0.3) is 0 Å². The van der Waals surface area contributed by atoms with Crippen molar-refractivity contribution in [3.63, 3.8) is 0 Å². The Hall–Kier alpha value is -0.910. The zero-order valence-corrected chi connectivity index (χ0v) is 12.6. The molecule has 1 atom stereocenters. The van der Waals surface area contributed by atoms with Crippen LogP contribution in [0.3, 0.4) is 0 Å². The van der Waals surface area contributed by atoms with E-state index in [1.165, 1.54) is 4.88 Å². The minimum atomic E-state index is 0.288. The van der Waals surface area contributed by atoms with Gasteiger partial charge in [-0.25, -0.2) is 0 Å². The zero-order chi connectivity index (χ0) is 13.9. The van der Waals surface area contributed by atoms with E-state index in [0.717, 1.165) is 45.3 Å². The first-order valence-electron chi connectivity index (χ1n) is 7.55. The molecule has 0 saturated carbocycles. The Bertz CT molecular complexity index is 440. The molecule has 5 heteroatoms. The molecule has 0 radical (unpaired) electrons. The van der Waals surface area contributed by atoms with Crippen LogP contribution < -0.4 is 5.73 Å². The van der Waals surface area contributed by atoms with E-state index >= 15 is 0 Å². The third kappa shape index (κ3) is 3.05. The maximum Gasteiger partial charge on any atom is 0.237 e. The van der Waals surface area contributed by atoms with Gasteiger partial charge in [0.05, 0.1) is 12.6 Å². The fourth-order valence-corrected chi connectivity index (χ4v) is 4.11. The van der Waals surface area contributed by atoms with Crippen LogP contribution in [0.2, 0.25) is 0 Å². The van der Waals surface area contributed by atoms with Gasteiger partial charge in [0.15, 0.2) is 0 Å². The average Bonchev–Trinajstić information content (AvgIpc) is 3.11. The van der Waals surface area contributed by atoms with Crippen molar-refractivity contribution in [3.8, 4) is 0 Å². The van der Waals surface area contributed by atoms with Crippen molar-refractivity contribution in [3.05, 3.63) is 22.4 Å². The number of rotatable bonds is 3. The summed E-state index contributed by atoms with van der Waals surface area (Å²) >= 11 is 1.76. The number of nitrogens with two attached hydrogens (primary N) is 1. The minimum absolute atomic E-state index is 0.288. The Kier molecular flexibility index (Phi) is 4.38. The summed E-state index contributed by atoms with van der Waals surface area (Å²) in [6, 6.07) is 4.87. The van der Waals surface area contributed by atoms with E-state index in [-0.39, 0.29) is 5.91 Å². The molecule has 3 rings (SSSR count). The van der Waals surface area contributed by atoms with Crippen LogP contribution in [-0.4, -0.2) is 47.9 Å². The Morgan fingerprint density at radius 1 is 1.30 bits per heavy atom. The summed E-state index contributed by atoms with van der Waals surface area (Å²) < 4.78 is 0. The third-order valence-corrected chi connectivity index (χ3v) is 5.41. The van der Waals surface area contributed by atoms with Crippen molar-refractivity contribution in [1.82, 2.24) is 9.80 Å². The number of thiophene rings is 1. The molecule has 1 unspecified atom stereocenters. The first kappa shape index (κ1) is 14.0. The highest BCUT2D eigenvalue weighted by atomic mass is 32.1. The highest BCUT2D eigenvalue weighted by Crippen LogP contribution is 2.34. The predicted octanol–water partition coefficient (Wildman–Crippen LogP) is 1.83. The fourth-order valence-electron chi connectivity index (χ4n) is 3.24. The number of hydrogen-bond donors (Lipinski definition) is 1. The van der Waals surface area contributed by atoms with Crippen molar-refractivity contribution in [2.75, 3.05) is 26.2 Å². The molecule has 0 aromatic carbocycles. The first-order chi connectivity index (χ1) is 9.74. The van der Waals surface area contributed by atoms with Crippen molar-refractivity contribution < 1.29 is 4.79 Å². The molecule has 0 aliphatic carbocycles. The van der Waals surface area contributed by atoms with Crippen molar-refractivity contribution in [2.24, 2.45) is 5.73 Å². The maximum absolute atomic E-state index is 12.6. The number of carbonyl (C=O) groups excluding carboxylic acids is 1. The second-order valence-electron chi connectivity index (χ2n) is 5.87. The molecule has 20 heavy (non-hydrogen) atoms. The molecule has 1 aromatic rings. The van der Waals surface area contributed by atoms with Gasteiger partial charge in [-0.3, -0.25) is 9.69 Å². The number of hydrogen-bond acceptors (Lipinski definition) is 4. The van der Waals surface area contributed by atoms with Crippen LogP contribution in [0.1, 0.15) is 36.6 Å². The Morgan fingerprint density at radius 3 is 2.80 bits per heavy atom. The normalized spacial score (nSPS) is 25.2. The molecular weight excluding hydrogens is 270 g/mol. The summed E-state index contributed by atoms with van der Waals surface area (Å²) in [7, 11) is 0. The van der Waals surface area contributed by atoms with Gasteiger partial charge in [-0.1, -0.05) is 6.07 Å². The Morgan fingerprint density at radius 2 is 2.10 bits per heavy atom. The smallest absolute Gasteiger partial charge is 0.237 e. The van der Waals surface area contributed by atoms with Crippen LogP contribution in [0.15, 0.2) is 17.5 Å². The van der Waals surface area contributed by atoms with Crippen LogP contribution >= 0.6 is 11.3 Å². The number of likely N-dealkylation sites (tertiary alicyclic amines) is 2. The molecular formula is C15H23N3OS. The van der Waals surface area contributed by atoms with Gasteiger partial charge in [0, 0.05) is 30.6 Å². The van der Waals surface area contributed by atoms with Gasteiger partial charge in [-0.05, 0) is 37.1 Å². The lowest BCUT2D eigenvalue weighted by Gasteiger charge is -2.32. The first-order valence-corrected chi connectivity index (χ1v) is 8.43.